The van der Waals surface area contributed by atoms with Crippen LogP contribution in [0.5, 0.6) is 0 Å². The van der Waals surface area contributed by atoms with E-state index in [1.165, 1.54) is 32.2 Å². The van der Waals surface area contributed by atoms with Gasteiger partial charge in [0, 0.05) is 32.4 Å². The van der Waals surface area contributed by atoms with Crippen LogP contribution < -0.4 is 0 Å². The molecule has 14 heavy (non-hydrogen) atoms. The lowest BCUT2D eigenvalue weighted by atomic mass is 9.95. The molecule has 0 radical (unpaired) electrons. The standard InChI is InChI=1S/C11H21NO2/c13-9-10-2-1-5-12(8-10)11-3-6-14-7-4-11/h10-11,13H,1-9H2. The highest BCUT2D eigenvalue weighted by atomic mass is 16.5. The molecule has 2 aliphatic rings. The fourth-order valence-electron chi connectivity index (χ4n) is 2.63. The Morgan fingerprint density at radius 3 is 2.71 bits per heavy atom. The maximum Gasteiger partial charge on any atom is 0.0480 e. The number of aliphatic hydroxyl groups excluding tert-OH is 1. The SMILES string of the molecule is OCC1CCCN(C2CCOCC2)C1. The van der Waals surface area contributed by atoms with Crippen LogP contribution in [-0.2, 0) is 4.74 Å². The van der Waals surface area contributed by atoms with Gasteiger partial charge in [0.05, 0.1) is 0 Å². The molecular formula is C11H21NO2. The quantitative estimate of drug-likeness (QED) is 0.716. The molecule has 2 saturated heterocycles. The first-order valence-corrected chi connectivity index (χ1v) is 5.83. The van der Waals surface area contributed by atoms with E-state index in [4.69, 9.17) is 9.84 Å². The van der Waals surface area contributed by atoms with E-state index in [0.717, 1.165) is 25.8 Å². The minimum atomic E-state index is 0.361. The lowest BCUT2D eigenvalue weighted by Gasteiger charge is -2.39. The summed E-state index contributed by atoms with van der Waals surface area (Å²) in [6, 6.07) is 0.720. The fourth-order valence-corrected chi connectivity index (χ4v) is 2.63. The van der Waals surface area contributed by atoms with Crippen LogP contribution in [0.25, 0.3) is 0 Å². The average molecular weight is 199 g/mol. The van der Waals surface area contributed by atoms with Crippen molar-refractivity contribution in [3.05, 3.63) is 0 Å². The summed E-state index contributed by atoms with van der Waals surface area (Å²) in [4.78, 5) is 2.56. The Bertz CT molecular complexity index is 169. The van der Waals surface area contributed by atoms with Crippen LogP contribution in [-0.4, -0.2) is 49.0 Å². The van der Waals surface area contributed by atoms with Crippen LogP contribution in [0.3, 0.4) is 0 Å². The predicted octanol–water partition coefficient (Wildman–Crippen LogP) is 0.870. The zero-order valence-corrected chi connectivity index (χ0v) is 8.82. The molecule has 0 aromatic heterocycles. The number of hydrogen-bond donors (Lipinski definition) is 1. The molecule has 82 valence electrons. The Morgan fingerprint density at radius 1 is 1.21 bits per heavy atom. The van der Waals surface area contributed by atoms with Gasteiger partial charge in [0.1, 0.15) is 0 Å². The van der Waals surface area contributed by atoms with E-state index in [0.29, 0.717) is 12.5 Å². The van der Waals surface area contributed by atoms with Crippen LogP contribution in [0.15, 0.2) is 0 Å². The third-order valence-electron chi connectivity index (χ3n) is 3.52. The summed E-state index contributed by atoms with van der Waals surface area (Å²) in [5.41, 5.74) is 0. The van der Waals surface area contributed by atoms with Crippen LogP contribution in [0.2, 0.25) is 0 Å². The monoisotopic (exact) mass is 199 g/mol. The maximum atomic E-state index is 9.16. The Kier molecular flexibility index (Phi) is 3.79. The first-order valence-electron chi connectivity index (χ1n) is 5.83. The van der Waals surface area contributed by atoms with E-state index in [1.807, 2.05) is 0 Å². The summed E-state index contributed by atoms with van der Waals surface area (Å²) in [6.07, 6.45) is 4.81. The van der Waals surface area contributed by atoms with Crippen LogP contribution in [0.4, 0.5) is 0 Å². The highest BCUT2D eigenvalue weighted by Gasteiger charge is 2.26. The van der Waals surface area contributed by atoms with Gasteiger partial charge >= 0.3 is 0 Å². The molecule has 1 N–H and O–H groups in total. The van der Waals surface area contributed by atoms with E-state index < -0.39 is 0 Å². The molecule has 2 heterocycles. The molecule has 0 spiro atoms. The average Bonchev–Trinajstić information content (AvgIpc) is 2.30. The number of nitrogens with zero attached hydrogens (tertiary/aromatic N) is 1. The molecular weight excluding hydrogens is 178 g/mol. The summed E-state index contributed by atoms with van der Waals surface area (Å²) < 4.78 is 5.37. The molecule has 2 fully saturated rings. The second-order valence-electron chi connectivity index (χ2n) is 4.53. The first kappa shape index (κ1) is 10.4. The van der Waals surface area contributed by atoms with Crippen molar-refractivity contribution in [3.8, 4) is 0 Å². The van der Waals surface area contributed by atoms with Gasteiger partial charge in [0.2, 0.25) is 0 Å². The number of aliphatic hydroxyl groups is 1. The maximum absolute atomic E-state index is 9.16. The van der Waals surface area contributed by atoms with Gasteiger partial charge in [0.25, 0.3) is 0 Å². The first-order chi connectivity index (χ1) is 6.90. The Labute approximate surface area is 86.0 Å². The van der Waals surface area contributed by atoms with Crippen molar-refractivity contribution in [1.82, 2.24) is 4.90 Å². The zero-order chi connectivity index (χ0) is 9.80. The molecule has 0 aromatic carbocycles. The molecule has 2 rings (SSSR count). The van der Waals surface area contributed by atoms with Gasteiger partial charge in [-0.3, -0.25) is 4.90 Å². The van der Waals surface area contributed by atoms with Crippen molar-refractivity contribution < 1.29 is 9.84 Å². The highest BCUT2D eigenvalue weighted by molar-refractivity contribution is 4.80. The summed E-state index contributed by atoms with van der Waals surface area (Å²) >= 11 is 0. The molecule has 0 aliphatic carbocycles. The van der Waals surface area contributed by atoms with Crippen molar-refractivity contribution in [1.29, 1.82) is 0 Å². The molecule has 1 unspecified atom stereocenters. The van der Waals surface area contributed by atoms with Crippen molar-refractivity contribution in [2.45, 2.75) is 31.7 Å². The summed E-state index contributed by atoms with van der Waals surface area (Å²) in [7, 11) is 0. The normalized spacial score (nSPS) is 31.9. The van der Waals surface area contributed by atoms with Gasteiger partial charge in [-0.1, -0.05) is 0 Å². The highest BCUT2D eigenvalue weighted by Crippen LogP contribution is 2.22. The fraction of sp³-hybridized carbons (Fsp3) is 1.00. The van der Waals surface area contributed by atoms with Crippen LogP contribution in [0.1, 0.15) is 25.7 Å². The molecule has 0 amide bonds. The van der Waals surface area contributed by atoms with E-state index in [1.54, 1.807) is 0 Å². The largest absolute Gasteiger partial charge is 0.396 e. The summed E-state index contributed by atoms with van der Waals surface area (Å²) in [6.45, 7) is 4.53. The van der Waals surface area contributed by atoms with E-state index in [9.17, 15) is 0 Å². The molecule has 3 nitrogen and oxygen atoms in total. The van der Waals surface area contributed by atoms with Gasteiger partial charge < -0.3 is 9.84 Å². The molecule has 1 atom stereocenters. The van der Waals surface area contributed by atoms with Crippen molar-refractivity contribution >= 4 is 0 Å². The second-order valence-corrected chi connectivity index (χ2v) is 4.53. The minimum absolute atomic E-state index is 0.361. The molecule has 0 bridgehead atoms. The molecule has 0 saturated carbocycles. The zero-order valence-electron chi connectivity index (χ0n) is 8.82. The third-order valence-corrected chi connectivity index (χ3v) is 3.52. The Hall–Kier alpha value is -0.120. The molecule has 3 heteroatoms. The number of ether oxygens (including phenoxy) is 1. The lowest BCUT2D eigenvalue weighted by Crippen LogP contribution is -2.45. The molecule has 2 aliphatic heterocycles. The number of likely N-dealkylation sites (tertiary alicyclic amines) is 1. The second kappa shape index (κ2) is 5.10. The third kappa shape index (κ3) is 2.47. The Balaban J connectivity index is 1.83. The summed E-state index contributed by atoms with van der Waals surface area (Å²) in [5.74, 6) is 0.520. The predicted molar refractivity (Wildman–Crippen MR) is 55.2 cm³/mol. The van der Waals surface area contributed by atoms with E-state index in [-0.39, 0.29) is 0 Å². The van der Waals surface area contributed by atoms with Gasteiger partial charge in [0.15, 0.2) is 0 Å². The van der Waals surface area contributed by atoms with E-state index in [2.05, 4.69) is 4.90 Å². The Morgan fingerprint density at radius 2 is 2.00 bits per heavy atom. The van der Waals surface area contributed by atoms with Gasteiger partial charge in [-0.15, -0.1) is 0 Å². The topological polar surface area (TPSA) is 32.7 Å². The number of hydrogen-bond acceptors (Lipinski definition) is 3. The van der Waals surface area contributed by atoms with Gasteiger partial charge in [-0.05, 0) is 38.1 Å². The van der Waals surface area contributed by atoms with Crippen molar-refractivity contribution in [2.75, 3.05) is 32.9 Å². The summed E-state index contributed by atoms with van der Waals surface area (Å²) in [5, 5.41) is 9.16. The number of rotatable bonds is 2. The number of piperidine rings is 1. The van der Waals surface area contributed by atoms with Crippen LogP contribution >= 0.6 is 0 Å². The van der Waals surface area contributed by atoms with Crippen molar-refractivity contribution in [3.63, 3.8) is 0 Å². The minimum Gasteiger partial charge on any atom is -0.396 e. The van der Waals surface area contributed by atoms with Crippen molar-refractivity contribution in [2.24, 2.45) is 5.92 Å². The van der Waals surface area contributed by atoms with Crippen LogP contribution in [0, 0.1) is 5.92 Å². The van der Waals surface area contributed by atoms with E-state index >= 15 is 0 Å². The molecule has 0 aromatic rings. The smallest absolute Gasteiger partial charge is 0.0480 e. The van der Waals surface area contributed by atoms with Gasteiger partial charge in [-0.2, -0.15) is 0 Å². The lowest BCUT2D eigenvalue weighted by molar-refractivity contribution is 0.0111. The van der Waals surface area contributed by atoms with Gasteiger partial charge in [-0.25, -0.2) is 0 Å².